The van der Waals surface area contributed by atoms with E-state index in [9.17, 15) is 0 Å². The molecule has 1 aliphatic heterocycles. The van der Waals surface area contributed by atoms with Gasteiger partial charge in [-0.1, -0.05) is 6.92 Å². The predicted octanol–water partition coefficient (Wildman–Crippen LogP) is 1.53. The van der Waals surface area contributed by atoms with Gasteiger partial charge in [-0.2, -0.15) is 11.8 Å². The SMILES string of the molecule is C[C@@H]1OCCS[C@H]1C. The molecule has 1 aliphatic rings. The average Bonchev–Trinajstić information content (AvgIpc) is 1.77. The quantitative estimate of drug-likeness (QED) is 0.494. The Morgan fingerprint density at radius 1 is 1.50 bits per heavy atom. The van der Waals surface area contributed by atoms with Gasteiger partial charge in [-0.15, -0.1) is 0 Å². The molecule has 1 rings (SSSR count). The van der Waals surface area contributed by atoms with E-state index in [1.54, 1.807) is 0 Å². The predicted molar refractivity (Wildman–Crippen MR) is 37.3 cm³/mol. The number of thioether (sulfide) groups is 1. The van der Waals surface area contributed by atoms with E-state index in [0.29, 0.717) is 11.4 Å². The molecule has 1 nitrogen and oxygen atoms in total. The molecular formula is C6H12OS. The van der Waals surface area contributed by atoms with E-state index in [0.717, 1.165) is 6.61 Å². The molecule has 0 spiro atoms. The summed E-state index contributed by atoms with van der Waals surface area (Å²) in [6.45, 7) is 5.29. The van der Waals surface area contributed by atoms with Crippen LogP contribution in [0.4, 0.5) is 0 Å². The lowest BCUT2D eigenvalue weighted by atomic mass is 10.3. The standard InChI is InChI=1S/C6H12OS/c1-5-6(2)8-4-3-7-5/h5-6H,3-4H2,1-2H3/t5-,6-/m0/s1. The van der Waals surface area contributed by atoms with Gasteiger partial charge in [0.05, 0.1) is 12.7 Å². The Hall–Kier alpha value is 0.310. The summed E-state index contributed by atoms with van der Waals surface area (Å²) < 4.78 is 5.37. The van der Waals surface area contributed by atoms with E-state index >= 15 is 0 Å². The molecule has 1 fully saturated rings. The van der Waals surface area contributed by atoms with Crippen LogP contribution in [-0.2, 0) is 4.74 Å². The second-order valence-corrected chi connectivity index (χ2v) is 3.64. The third-order valence-electron chi connectivity index (χ3n) is 1.51. The van der Waals surface area contributed by atoms with Crippen molar-refractivity contribution >= 4 is 11.8 Å². The van der Waals surface area contributed by atoms with Crippen LogP contribution in [0.1, 0.15) is 13.8 Å². The van der Waals surface area contributed by atoms with E-state index in [1.807, 2.05) is 11.8 Å². The van der Waals surface area contributed by atoms with Gasteiger partial charge in [-0.25, -0.2) is 0 Å². The normalized spacial score (nSPS) is 39.8. The zero-order valence-corrected chi connectivity index (χ0v) is 6.20. The van der Waals surface area contributed by atoms with Gasteiger partial charge in [-0.3, -0.25) is 0 Å². The van der Waals surface area contributed by atoms with Crippen LogP contribution in [0.25, 0.3) is 0 Å². The first-order valence-electron chi connectivity index (χ1n) is 3.04. The van der Waals surface area contributed by atoms with Gasteiger partial charge in [0.1, 0.15) is 0 Å². The number of ether oxygens (including phenoxy) is 1. The summed E-state index contributed by atoms with van der Waals surface area (Å²) in [6.07, 6.45) is 0.466. The smallest absolute Gasteiger partial charge is 0.0663 e. The molecular weight excluding hydrogens is 120 g/mol. The van der Waals surface area contributed by atoms with Crippen LogP contribution < -0.4 is 0 Å². The molecule has 0 aliphatic carbocycles. The monoisotopic (exact) mass is 132 g/mol. The summed E-state index contributed by atoms with van der Waals surface area (Å²) in [4.78, 5) is 0. The molecule has 0 aromatic carbocycles. The molecule has 0 N–H and O–H groups in total. The molecule has 0 aromatic rings. The summed E-state index contributed by atoms with van der Waals surface area (Å²) in [6, 6.07) is 0. The second-order valence-electron chi connectivity index (χ2n) is 2.15. The highest BCUT2D eigenvalue weighted by molar-refractivity contribution is 8.00. The fourth-order valence-electron chi connectivity index (χ4n) is 0.739. The largest absolute Gasteiger partial charge is 0.377 e. The molecule has 0 aromatic heterocycles. The Morgan fingerprint density at radius 2 is 2.25 bits per heavy atom. The van der Waals surface area contributed by atoms with Crippen molar-refractivity contribution < 1.29 is 4.74 Å². The van der Waals surface area contributed by atoms with E-state index in [4.69, 9.17) is 4.74 Å². The van der Waals surface area contributed by atoms with Gasteiger partial charge in [0.2, 0.25) is 0 Å². The first-order chi connectivity index (χ1) is 3.80. The van der Waals surface area contributed by atoms with Crippen molar-refractivity contribution in [3.63, 3.8) is 0 Å². The minimum Gasteiger partial charge on any atom is -0.377 e. The molecule has 8 heavy (non-hydrogen) atoms. The topological polar surface area (TPSA) is 9.23 Å². The van der Waals surface area contributed by atoms with E-state index in [2.05, 4.69) is 13.8 Å². The maximum atomic E-state index is 5.37. The van der Waals surface area contributed by atoms with Crippen molar-refractivity contribution in [2.24, 2.45) is 0 Å². The van der Waals surface area contributed by atoms with Gasteiger partial charge in [-0.05, 0) is 6.92 Å². The third kappa shape index (κ3) is 1.39. The Labute approximate surface area is 54.8 Å². The maximum Gasteiger partial charge on any atom is 0.0663 e. The van der Waals surface area contributed by atoms with Crippen molar-refractivity contribution in [2.45, 2.75) is 25.2 Å². The molecule has 0 radical (unpaired) electrons. The summed E-state index contributed by atoms with van der Waals surface area (Å²) in [5.74, 6) is 1.17. The number of hydrogen-bond acceptors (Lipinski definition) is 2. The minimum atomic E-state index is 0.466. The van der Waals surface area contributed by atoms with E-state index in [1.165, 1.54) is 5.75 Å². The van der Waals surface area contributed by atoms with Crippen molar-refractivity contribution in [1.29, 1.82) is 0 Å². The average molecular weight is 132 g/mol. The highest BCUT2D eigenvalue weighted by atomic mass is 32.2. The molecule has 1 heterocycles. The fraction of sp³-hybridized carbons (Fsp3) is 1.00. The lowest BCUT2D eigenvalue weighted by Crippen LogP contribution is -2.27. The van der Waals surface area contributed by atoms with Crippen LogP contribution in [0.3, 0.4) is 0 Å². The van der Waals surface area contributed by atoms with Crippen LogP contribution >= 0.6 is 11.8 Å². The van der Waals surface area contributed by atoms with Crippen LogP contribution in [-0.4, -0.2) is 23.7 Å². The lowest BCUT2D eigenvalue weighted by molar-refractivity contribution is 0.0725. The Balaban J connectivity index is 2.28. The van der Waals surface area contributed by atoms with Crippen LogP contribution in [0.2, 0.25) is 0 Å². The highest BCUT2D eigenvalue weighted by Gasteiger charge is 2.16. The Kier molecular flexibility index (Phi) is 2.20. The van der Waals surface area contributed by atoms with Gasteiger partial charge in [0.25, 0.3) is 0 Å². The molecule has 0 unspecified atom stereocenters. The first kappa shape index (κ1) is 6.43. The summed E-state index contributed by atoms with van der Waals surface area (Å²) in [7, 11) is 0. The van der Waals surface area contributed by atoms with Crippen molar-refractivity contribution in [3.05, 3.63) is 0 Å². The molecule has 1 saturated heterocycles. The fourth-order valence-corrected chi connectivity index (χ4v) is 1.65. The van der Waals surface area contributed by atoms with Gasteiger partial charge in [0.15, 0.2) is 0 Å². The van der Waals surface area contributed by atoms with Gasteiger partial charge >= 0.3 is 0 Å². The zero-order chi connectivity index (χ0) is 5.98. The Morgan fingerprint density at radius 3 is 2.62 bits per heavy atom. The summed E-state index contributed by atoms with van der Waals surface area (Å²) in [5, 5.41) is 0.698. The van der Waals surface area contributed by atoms with Crippen molar-refractivity contribution in [2.75, 3.05) is 12.4 Å². The molecule has 2 heteroatoms. The van der Waals surface area contributed by atoms with Crippen LogP contribution in [0.15, 0.2) is 0 Å². The summed E-state index contributed by atoms with van der Waals surface area (Å²) in [5.41, 5.74) is 0. The number of hydrogen-bond donors (Lipinski definition) is 0. The second kappa shape index (κ2) is 2.74. The summed E-state index contributed by atoms with van der Waals surface area (Å²) >= 11 is 2.00. The van der Waals surface area contributed by atoms with E-state index in [-0.39, 0.29) is 0 Å². The minimum absolute atomic E-state index is 0.466. The van der Waals surface area contributed by atoms with Gasteiger partial charge in [0, 0.05) is 11.0 Å². The highest BCUT2D eigenvalue weighted by Crippen LogP contribution is 2.20. The molecule has 0 bridgehead atoms. The molecule has 0 amide bonds. The Bertz CT molecular complexity index is 64.9. The van der Waals surface area contributed by atoms with E-state index < -0.39 is 0 Å². The van der Waals surface area contributed by atoms with Crippen LogP contribution in [0.5, 0.6) is 0 Å². The molecule has 2 atom stereocenters. The first-order valence-corrected chi connectivity index (χ1v) is 4.09. The lowest BCUT2D eigenvalue weighted by Gasteiger charge is -2.24. The molecule has 0 saturated carbocycles. The van der Waals surface area contributed by atoms with Crippen molar-refractivity contribution in [3.8, 4) is 0 Å². The molecule has 48 valence electrons. The van der Waals surface area contributed by atoms with Crippen molar-refractivity contribution in [1.82, 2.24) is 0 Å². The maximum absolute atomic E-state index is 5.37. The number of rotatable bonds is 0. The third-order valence-corrected chi connectivity index (χ3v) is 2.82. The zero-order valence-electron chi connectivity index (χ0n) is 5.39. The van der Waals surface area contributed by atoms with Crippen LogP contribution in [0, 0.1) is 0 Å². The van der Waals surface area contributed by atoms with Gasteiger partial charge < -0.3 is 4.74 Å².